The Balaban J connectivity index is 1.75. The summed E-state index contributed by atoms with van der Waals surface area (Å²) in [6.07, 6.45) is 1.85. The van der Waals surface area contributed by atoms with Crippen LogP contribution in [-0.4, -0.2) is 17.8 Å². The maximum atomic E-state index is 5.78. The average Bonchev–Trinajstić information content (AvgIpc) is 3.13. The Bertz CT molecular complexity index is 917. The molecular weight excluding hydrogens is 354 g/mol. The number of hydrogen-bond acceptors (Lipinski definition) is 5. The molecule has 0 spiro atoms. The van der Waals surface area contributed by atoms with Gasteiger partial charge in [-0.25, -0.2) is 4.98 Å². The molecule has 1 aromatic heterocycles. The predicted molar refractivity (Wildman–Crippen MR) is 115 cm³/mol. The number of nitrogens with one attached hydrogen (secondary N) is 1. The molecule has 1 heterocycles. The minimum absolute atomic E-state index is 0.389. The zero-order valence-corrected chi connectivity index (χ0v) is 17.0. The summed E-state index contributed by atoms with van der Waals surface area (Å²) < 4.78 is 5.78. The van der Waals surface area contributed by atoms with E-state index in [0.717, 1.165) is 33.3 Å². The van der Waals surface area contributed by atoms with Crippen molar-refractivity contribution in [2.24, 2.45) is 5.10 Å². The van der Waals surface area contributed by atoms with Crippen molar-refractivity contribution in [1.82, 2.24) is 4.98 Å². The molecular formula is C22H25N3OS. The lowest BCUT2D eigenvalue weighted by atomic mass is 9.97. The molecule has 0 fully saturated rings. The van der Waals surface area contributed by atoms with Crippen LogP contribution in [0.5, 0.6) is 5.75 Å². The number of rotatable bonds is 7. The maximum Gasteiger partial charge on any atom is 0.203 e. The number of nitrogens with zero attached hydrogens (tertiary/aromatic N) is 2. The van der Waals surface area contributed by atoms with E-state index in [0.29, 0.717) is 12.5 Å². The summed E-state index contributed by atoms with van der Waals surface area (Å²) in [6, 6.07) is 14.4. The van der Waals surface area contributed by atoms with E-state index >= 15 is 0 Å². The summed E-state index contributed by atoms with van der Waals surface area (Å²) in [6.45, 7) is 9.10. The number of hydrazone groups is 1. The van der Waals surface area contributed by atoms with E-state index in [1.807, 2.05) is 36.7 Å². The average molecular weight is 380 g/mol. The fourth-order valence-corrected chi connectivity index (χ4v) is 3.48. The highest BCUT2D eigenvalue weighted by Gasteiger charge is 2.11. The first-order valence-corrected chi connectivity index (χ1v) is 10.0. The lowest BCUT2D eigenvalue weighted by Crippen LogP contribution is -2.02. The molecule has 0 saturated heterocycles. The van der Waals surface area contributed by atoms with Gasteiger partial charge in [0.15, 0.2) is 0 Å². The third-order valence-corrected chi connectivity index (χ3v) is 5.00. The number of hydrogen-bond donors (Lipinski definition) is 1. The van der Waals surface area contributed by atoms with Gasteiger partial charge in [-0.05, 0) is 48.6 Å². The summed E-state index contributed by atoms with van der Waals surface area (Å²) in [7, 11) is 0. The molecule has 4 nitrogen and oxygen atoms in total. The quantitative estimate of drug-likeness (QED) is 0.399. The molecule has 5 heteroatoms. The Kier molecular flexibility index (Phi) is 6.24. The summed E-state index contributed by atoms with van der Waals surface area (Å²) in [5, 5.41) is 7.20. The van der Waals surface area contributed by atoms with E-state index in [1.165, 1.54) is 5.56 Å². The number of ether oxygens (including phenoxy) is 1. The van der Waals surface area contributed by atoms with Crippen molar-refractivity contribution in [3.63, 3.8) is 0 Å². The summed E-state index contributed by atoms with van der Waals surface area (Å²) in [5.41, 5.74) is 8.52. The SMILES string of the molecule is CCOc1cc(C)c(C=NNc2nc(-c3ccccc3)cs2)cc1C(C)C. The Labute approximate surface area is 164 Å². The number of anilines is 1. The standard InChI is InChI=1S/C22H25N3OS/c1-5-26-21-11-16(4)18(12-19(21)15(2)3)13-23-25-22-24-20(14-27-22)17-9-7-6-8-10-17/h6-15H,5H2,1-4H3,(H,24,25). The van der Waals surface area contributed by atoms with Crippen LogP contribution in [0.2, 0.25) is 0 Å². The van der Waals surface area contributed by atoms with Crippen LogP contribution >= 0.6 is 11.3 Å². The monoisotopic (exact) mass is 379 g/mol. The molecule has 0 aliphatic rings. The van der Waals surface area contributed by atoms with Gasteiger partial charge < -0.3 is 4.74 Å². The fraction of sp³-hybridized carbons (Fsp3) is 0.273. The molecule has 0 saturated carbocycles. The first-order chi connectivity index (χ1) is 13.1. The Morgan fingerprint density at radius 3 is 2.70 bits per heavy atom. The van der Waals surface area contributed by atoms with Gasteiger partial charge in [0.05, 0.1) is 18.5 Å². The van der Waals surface area contributed by atoms with Crippen LogP contribution in [0.1, 0.15) is 43.4 Å². The highest BCUT2D eigenvalue weighted by Crippen LogP contribution is 2.29. The molecule has 0 atom stereocenters. The van der Waals surface area contributed by atoms with E-state index < -0.39 is 0 Å². The number of aryl methyl sites for hydroxylation is 1. The normalized spacial score (nSPS) is 11.3. The van der Waals surface area contributed by atoms with Crippen molar-refractivity contribution >= 4 is 22.7 Å². The molecule has 27 heavy (non-hydrogen) atoms. The minimum Gasteiger partial charge on any atom is -0.494 e. The zero-order chi connectivity index (χ0) is 19.2. The highest BCUT2D eigenvalue weighted by molar-refractivity contribution is 7.14. The van der Waals surface area contributed by atoms with Crippen LogP contribution in [0.15, 0.2) is 52.9 Å². The van der Waals surface area contributed by atoms with Gasteiger partial charge in [0.1, 0.15) is 5.75 Å². The van der Waals surface area contributed by atoms with Crippen LogP contribution in [0.3, 0.4) is 0 Å². The van der Waals surface area contributed by atoms with Gasteiger partial charge in [-0.3, -0.25) is 5.43 Å². The molecule has 3 rings (SSSR count). The molecule has 0 amide bonds. The van der Waals surface area contributed by atoms with Crippen LogP contribution in [0, 0.1) is 6.92 Å². The van der Waals surface area contributed by atoms with Gasteiger partial charge >= 0.3 is 0 Å². The first-order valence-electron chi connectivity index (χ1n) is 9.15. The summed E-state index contributed by atoms with van der Waals surface area (Å²) in [5.74, 6) is 1.35. The second kappa shape index (κ2) is 8.82. The number of thiazole rings is 1. The first kappa shape index (κ1) is 19.1. The van der Waals surface area contributed by atoms with Gasteiger partial charge in [0.2, 0.25) is 5.13 Å². The lowest BCUT2D eigenvalue weighted by Gasteiger charge is -2.15. The molecule has 2 aromatic carbocycles. The molecule has 0 radical (unpaired) electrons. The number of aromatic nitrogens is 1. The Morgan fingerprint density at radius 2 is 2.00 bits per heavy atom. The second-order valence-corrected chi connectivity index (χ2v) is 7.47. The molecule has 0 bridgehead atoms. The van der Waals surface area contributed by atoms with E-state index in [1.54, 1.807) is 11.3 Å². The van der Waals surface area contributed by atoms with Gasteiger partial charge in [-0.15, -0.1) is 11.3 Å². The molecule has 0 aliphatic carbocycles. The molecule has 0 unspecified atom stereocenters. The maximum absolute atomic E-state index is 5.78. The van der Waals surface area contributed by atoms with Crippen LogP contribution in [0.4, 0.5) is 5.13 Å². The Hall–Kier alpha value is -2.66. The van der Waals surface area contributed by atoms with Crippen molar-refractivity contribution in [3.05, 3.63) is 64.5 Å². The van der Waals surface area contributed by atoms with Gasteiger partial charge in [-0.2, -0.15) is 5.10 Å². The van der Waals surface area contributed by atoms with Crippen LogP contribution < -0.4 is 10.2 Å². The minimum atomic E-state index is 0.389. The van der Waals surface area contributed by atoms with E-state index in [9.17, 15) is 0 Å². The second-order valence-electron chi connectivity index (χ2n) is 6.61. The smallest absolute Gasteiger partial charge is 0.203 e. The van der Waals surface area contributed by atoms with Crippen molar-refractivity contribution in [1.29, 1.82) is 0 Å². The van der Waals surface area contributed by atoms with Crippen molar-refractivity contribution in [2.45, 2.75) is 33.6 Å². The van der Waals surface area contributed by atoms with E-state index in [4.69, 9.17) is 4.74 Å². The molecule has 3 aromatic rings. The van der Waals surface area contributed by atoms with E-state index in [-0.39, 0.29) is 0 Å². The van der Waals surface area contributed by atoms with Crippen molar-refractivity contribution in [2.75, 3.05) is 12.0 Å². The lowest BCUT2D eigenvalue weighted by molar-refractivity contribution is 0.335. The van der Waals surface area contributed by atoms with E-state index in [2.05, 4.69) is 60.5 Å². The van der Waals surface area contributed by atoms with Crippen LogP contribution in [0.25, 0.3) is 11.3 Å². The van der Waals surface area contributed by atoms with Crippen molar-refractivity contribution in [3.8, 4) is 17.0 Å². The Morgan fingerprint density at radius 1 is 1.22 bits per heavy atom. The molecule has 1 N–H and O–H groups in total. The van der Waals surface area contributed by atoms with Gasteiger partial charge in [-0.1, -0.05) is 44.2 Å². The van der Waals surface area contributed by atoms with Crippen LogP contribution in [-0.2, 0) is 0 Å². The third kappa shape index (κ3) is 4.74. The third-order valence-electron chi connectivity index (χ3n) is 4.26. The highest BCUT2D eigenvalue weighted by atomic mass is 32.1. The summed E-state index contributed by atoms with van der Waals surface area (Å²) >= 11 is 1.54. The zero-order valence-electron chi connectivity index (χ0n) is 16.2. The summed E-state index contributed by atoms with van der Waals surface area (Å²) in [4.78, 5) is 4.59. The van der Waals surface area contributed by atoms with Gasteiger partial charge in [0, 0.05) is 10.9 Å². The topological polar surface area (TPSA) is 46.5 Å². The fourth-order valence-electron chi connectivity index (χ4n) is 2.81. The molecule has 0 aliphatic heterocycles. The largest absolute Gasteiger partial charge is 0.494 e. The van der Waals surface area contributed by atoms with Crippen molar-refractivity contribution < 1.29 is 4.74 Å². The predicted octanol–water partition coefficient (Wildman–Crippen LogP) is 6.09. The van der Waals surface area contributed by atoms with Gasteiger partial charge in [0.25, 0.3) is 0 Å². The molecule has 140 valence electrons. The number of benzene rings is 2.